The Bertz CT molecular complexity index is 147. The van der Waals surface area contributed by atoms with Crippen molar-refractivity contribution in [1.29, 1.82) is 0 Å². The van der Waals surface area contributed by atoms with E-state index in [1.165, 1.54) is 45.2 Å². The average molecular weight is 198 g/mol. The van der Waals surface area contributed by atoms with E-state index in [0.29, 0.717) is 6.04 Å². The van der Waals surface area contributed by atoms with Crippen LogP contribution in [0.3, 0.4) is 0 Å². The zero-order chi connectivity index (χ0) is 10.4. The summed E-state index contributed by atoms with van der Waals surface area (Å²) < 4.78 is 0. The molecular formula is C12H26N2. The highest BCUT2D eigenvalue weighted by Gasteiger charge is 2.21. The minimum absolute atomic E-state index is 0.669. The first kappa shape index (κ1) is 12.0. The number of rotatable bonds is 5. The van der Waals surface area contributed by atoms with E-state index in [1.54, 1.807) is 0 Å². The van der Waals surface area contributed by atoms with Gasteiger partial charge in [0.15, 0.2) is 0 Å². The number of nitrogens with two attached hydrogens (primary N) is 1. The van der Waals surface area contributed by atoms with Crippen LogP contribution in [-0.4, -0.2) is 30.6 Å². The highest BCUT2D eigenvalue weighted by molar-refractivity contribution is 4.78. The lowest BCUT2D eigenvalue weighted by Gasteiger charge is -2.36. The van der Waals surface area contributed by atoms with Gasteiger partial charge in [0.25, 0.3) is 0 Å². The second-order valence-corrected chi connectivity index (χ2v) is 4.77. The summed E-state index contributed by atoms with van der Waals surface area (Å²) in [7, 11) is 0. The quantitative estimate of drug-likeness (QED) is 0.734. The van der Waals surface area contributed by atoms with E-state index < -0.39 is 0 Å². The third-order valence-electron chi connectivity index (χ3n) is 3.35. The molecule has 1 saturated heterocycles. The predicted octanol–water partition coefficient (Wildman–Crippen LogP) is 2.24. The Morgan fingerprint density at radius 1 is 1.43 bits per heavy atom. The van der Waals surface area contributed by atoms with Crippen molar-refractivity contribution in [2.75, 3.05) is 19.6 Å². The molecule has 2 unspecified atom stereocenters. The molecule has 84 valence electrons. The SMILES string of the molecule is CCCC(C)CN1CCCCC1CN. The average Bonchev–Trinajstić information content (AvgIpc) is 2.19. The summed E-state index contributed by atoms with van der Waals surface area (Å²) in [6.07, 6.45) is 6.72. The Hall–Kier alpha value is -0.0800. The van der Waals surface area contributed by atoms with E-state index in [0.717, 1.165) is 12.5 Å². The Morgan fingerprint density at radius 2 is 2.21 bits per heavy atom. The van der Waals surface area contributed by atoms with Gasteiger partial charge in [-0.2, -0.15) is 0 Å². The minimum atomic E-state index is 0.669. The Labute approximate surface area is 88.8 Å². The Balaban J connectivity index is 2.32. The molecule has 0 aromatic rings. The van der Waals surface area contributed by atoms with Crippen molar-refractivity contribution >= 4 is 0 Å². The van der Waals surface area contributed by atoms with Gasteiger partial charge in [-0.3, -0.25) is 4.90 Å². The van der Waals surface area contributed by atoms with E-state index in [9.17, 15) is 0 Å². The van der Waals surface area contributed by atoms with Crippen molar-refractivity contribution in [1.82, 2.24) is 4.90 Å². The van der Waals surface area contributed by atoms with Crippen LogP contribution in [0.1, 0.15) is 46.0 Å². The molecule has 0 aliphatic carbocycles. The van der Waals surface area contributed by atoms with E-state index in [2.05, 4.69) is 18.7 Å². The molecular weight excluding hydrogens is 172 g/mol. The summed E-state index contributed by atoms with van der Waals surface area (Å²) in [6, 6.07) is 0.669. The summed E-state index contributed by atoms with van der Waals surface area (Å²) >= 11 is 0. The largest absolute Gasteiger partial charge is 0.329 e. The van der Waals surface area contributed by atoms with Gasteiger partial charge in [-0.1, -0.05) is 26.7 Å². The second kappa shape index (κ2) is 6.41. The molecule has 1 aliphatic heterocycles. The molecule has 1 aliphatic rings. The van der Waals surface area contributed by atoms with Crippen molar-refractivity contribution < 1.29 is 0 Å². The highest BCUT2D eigenvalue weighted by atomic mass is 15.2. The van der Waals surface area contributed by atoms with Gasteiger partial charge in [-0.15, -0.1) is 0 Å². The molecule has 2 atom stereocenters. The molecule has 14 heavy (non-hydrogen) atoms. The fraction of sp³-hybridized carbons (Fsp3) is 1.00. The van der Waals surface area contributed by atoms with E-state index in [4.69, 9.17) is 5.73 Å². The van der Waals surface area contributed by atoms with E-state index >= 15 is 0 Å². The van der Waals surface area contributed by atoms with E-state index in [-0.39, 0.29) is 0 Å². The molecule has 0 radical (unpaired) electrons. The summed E-state index contributed by atoms with van der Waals surface area (Å²) in [5.41, 5.74) is 5.80. The lowest BCUT2D eigenvalue weighted by atomic mass is 9.98. The summed E-state index contributed by atoms with van der Waals surface area (Å²) in [6.45, 7) is 8.02. The van der Waals surface area contributed by atoms with Crippen molar-refractivity contribution in [3.05, 3.63) is 0 Å². The van der Waals surface area contributed by atoms with Crippen LogP contribution in [0.2, 0.25) is 0 Å². The smallest absolute Gasteiger partial charge is 0.0218 e. The first-order valence-corrected chi connectivity index (χ1v) is 6.22. The first-order valence-electron chi connectivity index (χ1n) is 6.22. The van der Waals surface area contributed by atoms with Crippen LogP contribution in [0.5, 0.6) is 0 Å². The fourth-order valence-corrected chi connectivity index (χ4v) is 2.55. The molecule has 0 saturated carbocycles. The van der Waals surface area contributed by atoms with Gasteiger partial charge in [0.1, 0.15) is 0 Å². The maximum Gasteiger partial charge on any atom is 0.0218 e. The molecule has 0 aromatic carbocycles. The summed E-state index contributed by atoms with van der Waals surface area (Å²) in [4.78, 5) is 2.61. The maximum atomic E-state index is 5.80. The van der Waals surface area contributed by atoms with Crippen molar-refractivity contribution in [2.24, 2.45) is 11.7 Å². The number of likely N-dealkylation sites (tertiary alicyclic amines) is 1. The maximum absolute atomic E-state index is 5.80. The molecule has 1 fully saturated rings. The molecule has 0 spiro atoms. The Morgan fingerprint density at radius 3 is 2.86 bits per heavy atom. The summed E-state index contributed by atoms with van der Waals surface area (Å²) in [5, 5.41) is 0. The van der Waals surface area contributed by atoms with Crippen LogP contribution >= 0.6 is 0 Å². The number of hydrogen-bond donors (Lipinski definition) is 1. The van der Waals surface area contributed by atoms with Crippen LogP contribution in [0.4, 0.5) is 0 Å². The zero-order valence-electron chi connectivity index (χ0n) is 9.84. The molecule has 0 aromatic heterocycles. The van der Waals surface area contributed by atoms with Gasteiger partial charge in [-0.25, -0.2) is 0 Å². The van der Waals surface area contributed by atoms with Crippen LogP contribution in [0, 0.1) is 5.92 Å². The minimum Gasteiger partial charge on any atom is -0.329 e. The molecule has 1 rings (SSSR count). The standard InChI is InChI=1S/C12H26N2/c1-3-6-11(2)10-14-8-5-4-7-12(14)9-13/h11-12H,3-10,13H2,1-2H3. The lowest BCUT2D eigenvalue weighted by Crippen LogP contribution is -2.45. The van der Waals surface area contributed by atoms with Crippen LogP contribution in [0.15, 0.2) is 0 Å². The van der Waals surface area contributed by atoms with Gasteiger partial charge >= 0.3 is 0 Å². The molecule has 1 heterocycles. The number of piperidine rings is 1. The normalized spacial score (nSPS) is 26.4. The molecule has 2 N–H and O–H groups in total. The van der Waals surface area contributed by atoms with Gasteiger partial charge in [0, 0.05) is 19.1 Å². The third kappa shape index (κ3) is 3.58. The van der Waals surface area contributed by atoms with Crippen LogP contribution in [-0.2, 0) is 0 Å². The molecule has 2 nitrogen and oxygen atoms in total. The molecule has 0 amide bonds. The second-order valence-electron chi connectivity index (χ2n) is 4.77. The van der Waals surface area contributed by atoms with Gasteiger partial charge < -0.3 is 5.73 Å². The third-order valence-corrected chi connectivity index (χ3v) is 3.35. The van der Waals surface area contributed by atoms with Gasteiger partial charge in [0.2, 0.25) is 0 Å². The topological polar surface area (TPSA) is 29.3 Å². The van der Waals surface area contributed by atoms with Crippen LogP contribution in [0.25, 0.3) is 0 Å². The number of hydrogen-bond acceptors (Lipinski definition) is 2. The van der Waals surface area contributed by atoms with E-state index in [1.807, 2.05) is 0 Å². The monoisotopic (exact) mass is 198 g/mol. The first-order chi connectivity index (χ1) is 6.77. The molecule has 0 bridgehead atoms. The fourth-order valence-electron chi connectivity index (χ4n) is 2.55. The summed E-state index contributed by atoms with van der Waals surface area (Å²) in [5.74, 6) is 0.840. The van der Waals surface area contributed by atoms with Crippen molar-refractivity contribution in [2.45, 2.75) is 52.0 Å². The Kier molecular flexibility index (Phi) is 5.49. The predicted molar refractivity (Wildman–Crippen MR) is 62.3 cm³/mol. The molecule has 2 heteroatoms. The highest BCUT2D eigenvalue weighted by Crippen LogP contribution is 2.18. The van der Waals surface area contributed by atoms with Gasteiger partial charge in [-0.05, 0) is 31.7 Å². The van der Waals surface area contributed by atoms with Crippen LogP contribution < -0.4 is 5.73 Å². The lowest BCUT2D eigenvalue weighted by molar-refractivity contribution is 0.130. The van der Waals surface area contributed by atoms with Gasteiger partial charge in [0.05, 0.1) is 0 Å². The zero-order valence-corrected chi connectivity index (χ0v) is 9.84. The van der Waals surface area contributed by atoms with Crippen molar-refractivity contribution in [3.63, 3.8) is 0 Å². The van der Waals surface area contributed by atoms with Crippen molar-refractivity contribution in [3.8, 4) is 0 Å². The number of nitrogens with zero attached hydrogens (tertiary/aromatic N) is 1.